The summed E-state index contributed by atoms with van der Waals surface area (Å²) in [6.45, 7) is 3.86. The SMILES string of the molecule is C/C=C(\C)C(=O)OCC=Cc1ccccc1. The highest BCUT2D eigenvalue weighted by atomic mass is 16.5. The predicted molar refractivity (Wildman–Crippen MR) is 65.9 cm³/mol. The molecule has 1 rings (SSSR count). The molecule has 1 aromatic rings. The third-order valence-corrected chi connectivity index (χ3v) is 2.18. The van der Waals surface area contributed by atoms with Crippen molar-refractivity contribution < 1.29 is 9.53 Å². The number of carbonyl (C=O) groups is 1. The molecule has 0 bridgehead atoms. The Balaban J connectivity index is 2.37. The lowest BCUT2D eigenvalue weighted by molar-refractivity contribution is -0.137. The molecule has 0 aromatic heterocycles. The number of carbonyl (C=O) groups excluding carboxylic acids is 1. The topological polar surface area (TPSA) is 26.3 Å². The lowest BCUT2D eigenvalue weighted by atomic mass is 10.2. The molecule has 0 aliphatic heterocycles. The second kappa shape index (κ2) is 6.62. The molecule has 0 aliphatic rings. The molecule has 0 atom stereocenters. The predicted octanol–water partition coefficient (Wildman–Crippen LogP) is 3.21. The Morgan fingerprint density at radius 2 is 2.00 bits per heavy atom. The number of benzene rings is 1. The molecule has 1 aromatic carbocycles. The van der Waals surface area contributed by atoms with Crippen molar-refractivity contribution in [2.75, 3.05) is 6.61 Å². The van der Waals surface area contributed by atoms with E-state index in [1.165, 1.54) is 0 Å². The average molecular weight is 216 g/mol. The highest BCUT2D eigenvalue weighted by Crippen LogP contribution is 2.01. The van der Waals surface area contributed by atoms with Gasteiger partial charge in [0.15, 0.2) is 0 Å². The van der Waals surface area contributed by atoms with E-state index < -0.39 is 0 Å². The Hall–Kier alpha value is -1.83. The molecule has 0 fully saturated rings. The van der Waals surface area contributed by atoms with E-state index in [-0.39, 0.29) is 5.97 Å². The van der Waals surface area contributed by atoms with E-state index in [2.05, 4.69) is 0 Å². The molecule has 0 saturated heterocycles. The molecular formula is C14H16O2. The van der Waals surface area contributed by atoms with Crippen molar-refractivity contribution in [1.29, 1.82) is 0 Å². The lowest BCUT2D eigenvalue weighted by Crippen LogP contribution is -2.05. The first-order valence-electron chi connectivity index (χ1n) is 5.25. The first-order chi connectivity index (χ1) is 7.74. The van der Waals surface area contributed by atoms with Gasteiger partial charge in [0.1, 0.15) is 6.61 Å². The third kappa shape index (κ3) is 4.13. The van der Waals surface area contributed by atoms with Crippen molar-refractivity contribution in [3.63, 3.8) is 0 Å². The van der Waals surface area contributed by atoms with Crippen LogP contribution in [0.5, 0.6) is 0 Å². The van der Waals surface area contributed by atoms with Crippen LogP contribution in [0.15, 0.2) is 48.1 Å². The third-order valence-electron chi connectivity index (χ3n) is 2.18. The molecule has 0 spiro atoms. The Labute approximate surface area is 96.2 Å². The molecule has 16 heavy (non-hydrogen) atoms. The Bertz CT molecular complexity index is 388. The zero-order valence-electron chi connectivity index (χ0n) is 9.64. The van der Waals surface area contributed by atoms with Crippen LogP contribution in [-0.2, 0) is 9.53 Å². The van der Waals surface area contributed by atoms with Crippen LogP contribution in [0.2, 0.25) is 0 Å². The summed E-state index contributed by atoms with van der Waals surface area (Å²) in [7, 11) is 0. The zero-order valence-corrected chi connectivity index (χ0v) is 9.64. The first-order valence-corrected chi connectivity index (χ1v) is 5.25. The minimum absolute atomic E-state index is 0.264. The maximum Gasteiger partial charge on any atom is 0.333 e. The molecule has 0 heterocycles. The van der Waals surface area contributed by atoms with E-state index in [0.29, 0.717) is 12.2 Å². The van der Waals surface area contributed by atoms with E-state index in [1.54, 1.807) is 13.0 Å². The van der Waals surface area contributed by atoms with Crippen LogP contribution in [0.1, 0.15) is 19.4 Å². The highest BCUT2D eigenvalue weighted by Gasteiger charge is 2.01. The van der Waals surface area contributed by atoms with Crippen molar-refractivity contribution >= 4 is 12.0 Å². The minimum Gasteiger partial charge on any atom is -0.458 e. The maximum absolute atomic E-state index is 11.3. The quantitative estimate of drug-likeness (QED) is 0.570. The monoisotopic (exact) mass is 216 g/mol. The second-order valence-corrected chi connectivity index (χ2v) is 3.38. The summed E-state index contributed by atoms with van der Waals surface area (Å²) < 4.78 is 5.02. The van der Waals surface area contributed by atoms with Gasteiger partial charge in [0.05, 0.1) is 0 Å². The fraction of sp³-hybridized carbons (Fsp3) is 0.214. The molecule has 0 radical (unpaired) electrons. The lowest BCUT2D eigenvalue weighted by Gasteiger charge is -2.00. The standard InChI is InChI=1S/C14H16O2/c1-3-12(2)14(15)16-11-7-10-13-8-5-4-6-9-13/h3-10H,11H2,1-2H3/b10-7?,12-3+. The number of hydrogen-bond donors (Lipinski definition) is 0. The average Bonchev–Trinajstić information content (AvgIpc) is 2.34. The van der Waals surface area contributed by atoms with Gasteiger partial charge >= 0.3 is 5.97 Å². The van der Waals surface area contributed by atoms with Gasteiger partial charge in [0.2, 0.25) is 0 Å². The van der Waals surface area contributed by atoms with Crippen molar-refractivity contribution in [2.24, 2.45) is 0 Å². The Morgan fingerprint density at radius 1 is 1.31 bits per heavy atom. The number of hydrogen-bond acceptors (Lipinski definition) is 2. The van der Waals surface area contributed by atoms with Gasteiger partial charge in [-0.15, -0.1) is 0 Å². The molecule has 0 unspecified atom stereocenters. The van der Waals surface area contributed by atoms with Gasteiger partial charge in [0.25, 0.3) is 0 Å². The summed E-state index contributed by atoms with van der Waals surface area (Å²) in [6, 6.07) is 9.89. The van der Waals surface area contributed by atoms with Crippen LogP contribution in [0.3, 0.4) is 0 Å². The van der Waals surface area contributed by atoms with Gasteiger partial charge in [-0.2, -0.15) is 0 Å². The van der Waals surface area contributed by atoms with Gasteiger partial charge in [0, 0.05) is 5.57 Å². The fourth-order valence-electron chi connectivity index (χ4n) is 1.10. The molecule has 2 heteroatoms. The van der Waals surface area contributed by atoms with E-state index in [4.69, 9.17) is 4.74 Å². The number of esters is 1. The van der Waals surface area contributed by atoms with E-state index >= 15 is 0 Å². The van der Waals surface area contributed by atoms with Gasteiger partial charge in [-0.25, -0.2) is 4.79 Å². The molecular weight excluding hydrogens is 200 g/mol. The first kappa shape index (κ1) is 12.2. The molecule has 84 valence electrons. The fourth-order valence-corrected chi connectivity index (χ4v) is 1.10. The van der Waals surface area contributed by atoms with Crippen LogP contribution in [0.4, 0.5) is 0 Å². The summed E-state index contributed by atoms with van der Waals surface area (Å²) in [5, 5.41) is 0. The van der Waals surface area contributed by atoms with Crippen molar-refractivity contribution in [3.8, 4) is 0 Å². The molecule has 2 nitrogen and oxygen atoms in total. The van der Waals surface area contributed by atoms with Crippen LogP contribution in [0, 0.1) is 0 Å². The summed E-state index contributed by atoms with van der Waals surface area (Å²) in [6.07, 6.45) is 5.50. The van der Waals surface area contributed by atoms with Crippen molar-refractivity contribution in [3.05, 3.63) is 53.6 Å². The Morgan fingerprint density at radius 3 is 2.62 bits per heavy atom. The van der Waals surface area contributed by atoms with Gasteiger partial charge in [-0.05, 0) is 25.5 Å². The van der Waals surface area contributed by atoms with Gasteiger partial charge in [-0.1, -0.05) is 42.5 Å². The minimum atomic E-state index is -0.264. The van der Waals surface area contributed by atoms with Crippen molar-refractivity contribution in [1.82, 2.24) is 0 Å². The molecule has 0 N–H and O–H groups in total. The van der Waals surface area contributed by atoms with Crippen LogP contribution in [0.25, 0.3) is 6.08 Å². The van der Waals surface area contributed by atoms with Crippen LogP contribution in [-0.4, -0.2) is 12.6 Å². The normalized spacial score (nSPS) is 11.8. The molecule has 0 saturated carbocycles. The van der Waals surface area contributed by atoms with Gasteiger partial charge in [-0.3, -0.25) is 0 Å². The second-order valence-electron chi connectivity index (χ2n) is 3.38. The van der Waals surface area contributed by atoms with Crippen LogP contribution >= 0.6 is 0 Å². The summed E-state index contributed by atoms with van der Waals surface area (Å²) in [5.74, 6) is -0.264. The summed E-state index contributed by atoms with van der Waals surface area (Å²) >= 11 is 0. The van der Waals surface area contributed by atoms with Crippen molar-refractivity contribution in [2.45, 2.75) is 13.8 Å². The number of ether oxygens (including phenoxy) is 1. The Kier molecular flexibility index (Phi) is 5.06. The number of rotatable bonds is 4. The van der Waals surface area contributed by atoms with E-state index in [1.807, 2.05) is 49.4 Å². The van der Waals surface area contributed by atoms with E-state index in [9.17, 15) is 4.79 Å². The van der Waals surface area contributed by atoms with Crippen LogP contribution < -0.4 is 0 Å². The van der Waals surface area contributed by atoms with E-state index in [0.717, 1.165) is 5.56 Å². The molecule has 0 amide bonds. The highest BCUT2D eigenvalue weighted by molar-refractivity contribution is 5.87. The summed E-state index contributed by atoms with van der Waals surface area (Å²) in [5.41, 5.74) is 1.73. The largest absolute Gasteiger partial charge is 0.458 e. The molecule has 0 aliphatic carbocycles. The van der Waals surface area contributed by atoms with Gasteiger partial charge < -0.3 is 4.74 Å². The number of allylic oxidation sites excluding steroid dienone is 1. The maximum atomic E-state index is 11.3. The smallest absolute Gasteiger partial charge is 0.333 e. The summed E-state index contributed by atoms with van der Waals surface area (Å²) in [4.78, 5) is 11.3. The zero-order chi connectivity index (χ0) is 11.8.